The lowest BCUT2D eigenvalue weighted by atomic mass is 10.1. The van der Waals surface area contributed by atoms with Crippen molar-refractivity contribution in [3.05, 3.63) is 23.1 Å². The van der Waals surface area contributed by atoms with E-state index in [0.29, 0.717) is 6.54 Å². The molecule has 0 saturated carbocycles. The summed E-state index contributed by atoms with van der Waals surface area (Å²) >= 11 is 3.37. The van der Waals surface area contributed by atoms with Crippen molar-refractivity contribution in [3.63, 3.8) is 0 Å². The molecule has 2 N–H and O–H groups in total. The van der Waals surface area contributed by atoms with E-state index in [1.54, 1.807) is 12.5 Å². The molecule has 0 atom stereocenters. The summed E-state index contributed by atoms with van der Waals surface area (Å²) in [6, 6.07) is 1.95. The van der Waals surface area contributed by atoms with E-state index in [1.807, 2.05) is 24.5 Å². The minimum Gasteiger partial charge on any atom is -0.324 e. The van der Waals surface area contributed by atoms with Crippen molar-refractivity contribution >= 4 is 27.1 Å². The Kier molecular flexibility index (Phi) is 2.52. The molecule has 80 valence electrons. The van der Waals surface area contributed by atoms with Crippen molar-refractivity contribution in [2.24, 2.45) is 5.73 Å². The largest absolute Gasteiger partial charge is 0.324 e. The zero-order valence-corrected chi connectivity index (χ0v) is 10.3. The maximum atomic E-state index is 5.96. The number of nitrogens with zero attached hydrogens (tertiary/aromatic N) is 3. The molecule has 0 aromatic carbocycles. The molecule has 0 aliphatic carbocycles. The normalized spacial score (nSPS) is 12.3. The van der Waals surface area contributed by atoms with Crippen LogP contribution in [0, 0.1) is 0 Å². The van der Waals surface area contributed by atoms with Gasteiger partial charge in [0.1, 0.15) is 5.52 Å². The molecule has 0 spiro atoms. The van der Waals surface area contributed by atoms with Gasteiger partial charge in [-0.15, -0.1) is 0 Å². The van der Waals surface area contributed by atoms with E-state index in [1.165, 1.54) is 0 Å². The fourth-order valence-corrected chi connectivity index (χ4v) is 1.80. The Morgan fingerprint density at radius 2 is 2.20 bits per heavy atom. The summed E-state index contributed by atoms with van der Waals surface area (Å²) in [7, 11) is 0. The number of imidazole rings is 1. The molecule has 0 aliphatic rings. The molecule has 0 saturated heterocycles. The van der Waals surface area contributed by atoms with Crippen LogP contribution < -0.4 is 5.73 Å². The van der Waals surface area contributed by atoms with Gasteiger partial charge in [0, 0.05) is 22.8 Å². The van der Waals surface area contributed by atoms with Crippen molar-refractivity contribution in [3.8, 4) is 0 Å². The van der Waals surface area contributed by atoms with Crippen LogP contribution in [0.3, 0.4) is 0 Å². The highest BCUT2D eigenvalue weighted by Crippen LogP contribution is 2.17. The number of aromatic nitrogens is 3. The zero-order chi connectivity index (χ0) is 11.1. The fourth-order valence-electron chi connectivity index (χ4n) is 1.48. The number of hydrogen-bond donors (Lipinski definition) is 1. The molecule has 0 fully saturated rings. The summed E-state index contributed by atoms with van der Waals surface area (Å²) in [5.74, 6) is 0. The van der Waals surface area contributed by atoms with Crippen molar-refractivity contribution in [1.82, 2.24) is 14.5 Å². The quantitative estimate of drug-likeness (QED) is 0.906. The van der Waals surface area contributed by atoms with E-state index in [4.69, 9.17) is 5.73 Å². The van der Waals surface area contributed by atoms with Gasteiger partial charge < -0.3 is 10.3 Å². The van der Waals surface area contributed by atoms with E-state index in [2.05, 4.69) is 25.9 Å². The number of nitrogens with two attached hydrogens (primary N) is 1. The van der Waals surface area contributed by atoms with Crippen molar-refractivity contribution < 1.29 is 0 Å². The Labute approximate surface area is 96.6 Å². The second-order valence-corrected chi connectivity index (χ2v) is 5.27. The molecule has 15 heavy (non-hydrogen) atoms. The van der Waals surface area contributed by atoms with Gasteiger partial charge in [-0.25, -0.2) is 9.97 Å². The SMILES string of the molecule is CC(C)(N)Cn1cnc2cc(Br)cnc21. The third-order valence-electron chi connectivity index (χ3n) is 2.00. The first-order valence-electron chi connectivity index (χ1n) is 4.71. The predicted molar refractivity (Wildman–Crippen MR) is 63.5 cm³/mol. The first-order valence-corrected chi connectivity index (χ1v) is 5.50. The average molecular weight is 269 g/mol. The summed E-state index contributed by atoms with van der Waals surface area (Å²) < 4.78 is 2.91. The van der Waals surface area contributed by atoms with Crippen LogP contribution >= 0.6 is 15.9 Å². The predicted octanol–water partition coefficient (Wildman–Crippen LogP) is 1.93. The van der Waals surface area contributed by atoms with E-state index < -0.39 is 0 Å². The highest BCUT2D eigenvalue weighted by Gasteiger charge is 2.14. The van der Waals surface area contributed by atoms with Crippen LogP contribution in [0.4, 0.5) is 0 Å². The molecule has 4 nitrogen and oxygen atoms in total. The standard InChI is InChI=1S/C10H13BrN4/c1-10(2,12)5-15-6-14-8-3-7(11)4-13-9(8)15/h3-4,6H,5,12H2,1-2H3. The van der Waals surface area contributed by atoms with Gasteiger partial charge in [0.2, 0.25) is 0 Å². The number of pyridine rings is 1. The number of fused-ring (bicyclic) bond motifs is 1. The molecule has 2 aromatic rings. The van der Waals surface area contributed by atoms with Crippen LogP contribution in [0.2, 0.25) is 0 Å². The van der Waals surface area contributed by atoms with Gasteiger partial charge in [-0.05, 0) is 35.8 Å². The van der Waals surface area contributed by atoms with Gasteiger partial charge in [-0.2, -0.15) is 0 Å². The molecular formula is C10H13BrN4. The summed E-state index contributed by atoms with van der Waals surface area (Å²) in [5.41, 5.74) is 7.46. The Balaban J connectivity index is 2.45. The van der Waals surface area contributed by atoms with Crippen LogP contribution in [-0.4, -0.2) is 20.1 Å². The third kappa shape index (κ3) is 2.35. The van der Waals surface area contributed by atoms with Crippen LogP contribution in [0.25, 0.3) is 11.2 Å². The highest BCUT2D eigenvalue weighted by atomic mass is 79.9. The van der Waals surface area contributed by atoms with Crippen molar-refractivity contribution in [1.29, 1.82) is 0 Å². The minimum atomic E-state index is -0.262. The second-order valence-electron chi connectivity index (χ2n) is 4.36. The first-order chi connectivity index (χ1) is 6.96. The lowest BCUT2D eigenvalue weighted by Gasteiger charge is -2.18. The summed E-state index contributed by atoms with van der Waals surface area (Å²) in [5, 5.41) is 0. The molecule has 0 unspecified atom stereocenters. The molecule has 5 heteroatoms. The minimum absolute atomic E-state index is 0.262. The maximum Gasteiger partial charge on any atom is 0.159 e. The van der Waals surface area contributed by atoms with E-state index >= 15 is 0 Å². The average Bonchev–Trinajstić information content (AvgIpc) is 2.45. The first kappa shape index (κ1) is 10.6. The summed E-state index contributed by atoms with van der Waals surface area (Å²) in [4.78, 5) is 8.60. The fraction of sp³-hybridized carbons (Fsp3) is 0.400. The van der Waals surface area contributed by atoms with Crippen LogP contribution in [-0.2, 0) is 6.54 Å². The molecule has 0 amide bonds. The Bertz CT molecular complexity index is 484. The molecule has 0 bridgehead atoms. The van der Waals surface area contributed by atoms with Crippen molar-refractivity contribution in [2.75, 3.05) is 0 Å². The van der Waals surface area contributed by atoms with Gasteiger partial charge in [-0.1, -0.05) is 0 Å². The van der Waals surface area contributed by atoms with E-state index in [9.17, 15) is 0 Å². The van der Waals surface area contributed by atoms with Gasteiger partial charge in [0.05, 0.1) is 6.33 Å². The van der Waals surface area contributed by atoms with Gasteiger partial charge in [0.25, 0.3) is 0 Å². The summed E-state index contributed by atoms with van der Waals surface area (Å²) in [6.45, 7) is 4.67. The molecular weight excluding hydrogens is 256 g/mol. The van der Waals surface area contributed by atoms with E-state index in [-0.39, 0.29) is 5.54 Å². The molecule has 2 aromatic heterocycles. The van der Waals surface area contributed by atoms with Crippen LogP contribution in [0.1, 0.15) is 13.8 Å². The van der Waals surface area contributed by atoms with Gasteiger partial charge in [0.15, 0.2) is 5.65 Å². The third-order valence-corrected chi connectivity index (χ3v) is 2.43. The molecule has 2 heterocycles. The number of halogens is 1. The molecule has 2 rings (SSSR count). The highest BCUT2D eigenvalue weighted by molar-refractivity contribution is 9.10. The topological polar surface area (TPSA) is 56.7 Å². The molecule has 0 aliphatic heterocycles. The number of hydrogen-bond acceptors (Lipinski definition) is 3. The van der Waals surface area contributed by atoms with Crippen LogP contribution in [0.15, 0.2) is 23.1 Å². The lowest BCUT2D eigenvalue weighted by molar-refractivity contribution is 0.439. The maximum absolute atomic E-state index is 5.96. The van der Waals surface area contributed by atoms with Crippen molar-refractivity contribution in [2.45, 2.75) is 25.9 Å². The smallest absolute Gasteiger partial charge is 0.159 e. The monoisotopic (exact) mass is 268 g/mol. The zero-order valence-electron chi connectivity index (χ0n) is 8.74. The molecule has 0 radical (unpaired) electrons. The van der Waals surface area contributed by atoms with Crippen LogP contribution in [0.5, 0.6) is 0 Å². The Morgan fingerprint density at radius 1 is 1.47 bits per heavy atom. The Morgan fingerprint density at radius 3 is 2.87 bits per heavy atom. The summed E-state index contributed by atoms with van der Waals surface area (Å²) in [6.07, 6.45) is 3.54. The lowest BCUT2D eigenvalue weighted by Crippen LogP contribution is -2.36. The Hall–Kier alpha value is -0.940. The number of rotatable bonds is 2. The second kappa shape index (κ2) is 3.57. The van der Waals surface area contributed by atoms with E-state index in [0.717, 1.165) is 15.6 Å². The van der Waals surface area contributed by atoms with Gasteiger partial charge >= 0.3 is 0 Å². The van der Waals surface area contributed by atoms with Gasteiger partial charge in [-0.3, -0.25) is 0 Å².